The molecule has 0 heterocycles. The normalized spacial score (nSPS) is 12.7. The van der Waals surface area contributed by atoms with Gasteiger partial charge in [-0.1, -0.05) is 139 Å². The molecule has 0 rings (SSSR count). The smallest absolute Gasteiger partial charge is 0.105 e. The first-order valence-corrected chi connectivity index (χ1v) is 11.3. The van der Waals surface area contributed by atoms with Gasteiger partial charge in [0, 0.05) is 0 Å². The molecule has 0 radical (unpaired) electrons. The number of aliphatic hydroxyl groups is 1. The van der Waals surface area contributed by atoms with Crippen molar-refractivity contribution in [2.24, 2.45) is 0 Å². The highest BCUT2D eigenvalue weighted by Crippen LogP contribution is 2.15. The fraction of sp³-hybridized carbons (Fsp3) is 1.00. The Hall–Kier alpha value is 0.690. The molecule has 1 N–H and O–H groups in total. The number of alkyl halides is 1. The number of rotatable bonds is 18. The van der Waals surface area contributed by atoms with Gasteiger partial charge in [0.25, 0.3) is 0 Å². The number of hydrogen-bond acceptors (Lipinski definition) is 1. The molecule has 2 heteroatoms. The average Bonchev–Trinajstić information content (AvgIpc) is 2.50. The zero-order valence-electron chi connectivity index (χ0n) is 15.1. The number of halogens is 1. The van der Waals surface area contributed by atoms with Crippen LogP contribution in [0, 0.1) is 0 Å². The molecular weight excluding hydrogens is 383 g/mol. The van der Waals surface area contributed by atoms with Crippen LogP contribution in [0.15, 0.2) is 0 Å². The van der Waals surface area contributed by atoms with E-state index >= 15 is 0 Å². The summed E-state index contributed by atoms with van der Waals surface area (Å²) in [4.78, 5) is 0. The second kappa shape index (κ2) is 19.7. The molecule has 0 aliphatic rings. The fourth-order valence-electron chi connectivity index (χ4n) is 3.04. The molecule has 0 saturated carbocycles. The van der Waals surface area contributed by atoms with E-state index in [0.29, 0.717) is 0 Å². The Morgan fingerprint density at radius 2 is 0.818 bits per heavy atom. The predicted molar refractivity (Wildman–Crippen MR) is 109 cm³/mol. The maximum Gasteiger partial charge on any atom is 0.105 e. The molecule has 0 aromatic rings. The van der Waals surface area contributed by atoms with E-state index < -0.39 is 0 Å². The summed E-state index contributed by atoms with van der Waals surface area (Å²) >= 11 is 2.10. The minimum Gasteiger partial charge on any atom is -0.383 e. The highest BCUT2D eigenvalue weighted by atomic mass is 127. The average molecular weight is 424 g/mol. The van der Waals surface area contributed by atoms with Gasteiger partial charge in [-0.25, -0.2) is 0 Å². The number of aliphatic hydroxyl groups excluding tert-OH is 1. The minimum absolute atomic E-state index is 0.131. The van der Waals surface area contributed by atoms with E-state index in [-0.39, 0.29) is 4.11 Å². The SMILES string of the molecule is CCCCCCCCCCCCCCCCCCCC(O)I. The molecule has 0 aromatic carbocycles. The number of unbranched alkanes of at least 4 members (excludes halogenated alkanes) is 16. The van der Waals surface area contributed by atoms with Gasteiger partial charge in [-0.05, 0) is 6.42 Å². The summed E-state index contributed by atoms with van der Waals surface area (Å²) in [6, 6.07) is 0. The van der Waals surface area contributed by atoms with Gasteiger partial charge < -0.3 is 5.11 Å². The van der Waals surface area contributed by atoms with Crippen molar-refractivity contribution >= 4 is 22.6 Å². The Morgan fingerprint density at radius 1 is 0.545 bits per heavy atom. The predicted octanol–water partition coefficient (Wildman–Crippen LogP) is 7.78. The van der Waals surface area contributed by atoms with E-state index in [1.54, 1.807) is 0 Å². The van der Waals surface area contributed by atoms with Gasteiger partial charge >= 0.3 is 0 Å². The third-order valence-corrected chi connectivity index (χ3v) is 5.17. The molecule has 1 atom stereocenters. The molecule has 134 valence electrons. The maximum atomic E-state index is 9.16. The summed E-state index contributed by atoms with van der Waals surface area (Å²) in [5.74, 6) is 0. The van der Waals surface area contributed by atoms with Gasteiger partial charge in [0.2, 0.25) is 0 Å². The van der Waals surface area contributed by atoms with Crippen molar-refractivity contribution in [2.45, 2.75) is 127 Å². The Kier molecular flexibility index (Phi) is 20.4. The van der Waals surface area contributed by atoms with E-state index in [0.717, 1.165) is 6.42 Å². The highest BCUT2D eigenvalue weighted by molar-refractivity contribution is 14.1. The lowest BCUT2D eigenvalue weighted by Gasteiger charge is -2.04. The Labute approximate surface area is 154 Å². The zero-order chi connectivity index (χ0) is 16.3. The largest absolute Gasteiger partial charge is 0.383 e. The molecule has 1 unspecified atom stereocenters. The van der Waals surface area contributed by atoms with Gasteiger partial charge in [-0.2, -0.15) is 0 Å². The highest BCUT2D eigenvalue weighted by Gasteiger charge is 1.97. The van der Waals surface area contributed by atoms with Gasteiger partial charge in [-0.3, -0.25) is 0 Å². The Bertz CT molecular complexity index is 194. The summed E-state index contributed by atoms with van der Waals surface area (Å²) < 4.78 is -0.131. The van der Waals surface area contributed by atoms with Crippen molar-refractivity contribution in [1.29, 1.82) is 0 Å². The summed E-state index contributed by atoms with van der Waals surface area (Å²) in [6.07, 6.45) is 25.0. The van der Waals surface area contributed by atoms with Gasteiger partial charge in [0.1, 0.15) is 4.11 Å². The lowest BCUT2D eigenvalue weighted by atomic mass is 10.0. The Balaban J connectivity index is 2.94. The van der Waals surface area contributed by atoms with Gasteiger partial charge in [0.05, 0.1) is 0 Å². The van der Waals surface area contributed by atoms with E-state index in [2.05, 4.69) is 29.5 Å². The van der Waals surface area contributed by atoms with Crippen LogP contribution in [0.1, 0.15) is 122 Å². The molecule has 0 spiro atoms. The summed E-state index contributed by atoms with van der Waals surface area (Å²) in [5.41, 5.74) is 0. The third-order valence-electron chi connectivity index (χ3n) is 4.55. The van der Waals surface area contributed by atoms with Crippen LogP contribution < -0.4 is 0 Å². The molecular formula is C20H41IO. The quantitative estimate of drug-likeness (QED) is 0.135. The van der Waals surface area contributed by atoms with Gasteiger partial charge in [0.15, 0.2) is 0 Å². The van der Waals surface area contributed by atoms with Crippen LogP contribution in [0.5, 0.6) is 0 Å². The van der Waals surface area contributed by atoms with Crippen molar-refractivity contribution < 1.29 is 5.11 Å². The summed E-state index contributed by atoms with van der Waals surface area (Å²) in [6.45, 7) is 2.29. The summed E-state index contributed by atoms with van der Waals surface area (Å²) in [7, 11) is 0. The van der Waals surface area contributed by atoms with Crippen molar-refractivity contribution in [3.63, 3.8) is 0 Å². The minimum atomic E-state index is -0.131. The van der Waals surface area contributed by atoms with E-state index in [1.807, 2.05) is 0 Å². The monoisotopic (exact) mass is 424 g/mol. The van der Waals surface area contributed by atoms with Crippen molar-refractivity contribution in [2.75, 3.05) is 0 Å². The molecule has 0 saturated heterocycles. The van der Waals surface area contributed by atoms with E-state index in [4.69, 9.17) is 5.11 Å². The van der Waals surface area contributed by atoms with Crippen LogP contribution in [-0.4, -0.2) is 9.22 Å². The first-order valence-electron chi connectivity index (χ1n) is 10.1. The molecule has 0 aromatic heterocycles. The van der Waals surface area contributed by atoms with E-state index in [1.165, 1.54) is 109 Å². The van der Waals surface area contributed by atoms with Crippen LogP contribution in [0.3, 0.4) is 0 Å². The molecule has 0 aliphatic heterocycles. The molecule has 1 nitrogen and oxygen atoms in total. The fourth-order valence-corrected chi connectivity index (χ4v) is 3.48. The first kappa shape index (κ1) is 22.7. The topological polar surface area (TPSA) is 20.2 Å². The van der Waals surface area contributed by atoms with Crippen molar-refractivity contribution in [3.05, 3.63) is 0 Å². The van der Waals surface area contributed by atoms with Crippen LogP contribution >= 0.6 is 22.6 Å². The molecule has 0 amide bonds. The van der Waals surface area contributed by atoms with Crippen LogP contribution in [0.4, 0.5) is 0 Å². The van der Waals surface area contributed by atoms with E-state index in [9.17, 15) is 0 Å². The lowest BCUT2D eigenvalue weighted by Crippen LogP contribution is -1.93. The Morgan fingerprint density at radius 3 is 1.09 bits per heavy atom. The van der Waals surface area contributed by atoms with Crippen LogP contribution in [-0.2, 0) is 0 Å². The standard InChI is InChI=1S/C20H41IO/c1-2-3-4-5-6-7-8-9-10-11-12-13-14-15-16-17-18-19-20(21)22/h20,22H,2-19H2,1H3. The molecule has 22 heavy (non-hydrogen) atoms. The maximum absolute atomic E-state index is 9.16. The summed E-state index contributed by atoms with van der Waals surface area (Å²) in [5, 5.41) is 9.16. The van der Waals surface area contributed by atoms with Crippen LogP contribution in [0.2, 0.25) is 0 Å². The lowest BCUT2D eigenvalue weighted by molar-refractivity contribution is 0.263. The van der Waals surface area contributed by atoms with Crippen molar-refractivity contribution in [1.82, 2.24) is 0 Å². The third kappa shape index (κ3) is 20.7. The second-order valence-corrected chi connectivity index (χ2v) is 8.32. The molecule has 0 fully saturated rings. The van der Waals surface area contributed by atoms with Crippen molar-refractivity contribution in [3.8, 4) is 0 Å². The molecule has 0 aliphatic carbocycles. The van der Waals surface area contributed by atoms with Gasteiger partial charge in [-0.15, -0.1) is 0 Å². The van der Waals surface area contributed by atoms with Crippen LogP contribution in [0.25, 0.3) is 0 Å². The zero-order valence-corrected chi connectivity index (χ0v) is 17.3. The number of hydrogen-bond donors (Lipinski definition) is 1. The second-order valence-electron chi connectivity index (χ2n) is 6.88. The molecule has 0 bridgehead atoms. The first-order chi connectivity index (χ1) is 10.8.